The number of nitrogens with one attached hydrogen (secondary N) is 1. The van der Waals surface area contributed by atoms with Gasteiger partial charge in [0.15, 0.2) is 17.3 Å². The third kappa shape index (κ3) is 2.03. The Morgan fingerprint density at radius 2 is 1.91 bits per heavy atom. The zero-order valence-corrected chi connectivity index (χ0v) is 13.2. The summed E-state index contributed by atoms with van der Waals surface area (Å²) in [4.78, 5) is 15.6. The molecule has 1 aromatic heterocycles. The first-order valence-corrected chi connectivity index (χ1v) is 7.61. The molecule has 1 aliphatic rings. The van der Waals surface area contributed by atoms with Crippen molar-refractivity contribution in [3.05, 3.63) is 57.9 Å². The van der Waals surface area contributed by atoms with Crippen LogP contribution in [0.2, 0.25) is 0 Å². The van der Waals surface area contributed by atoms with Crippen LogP contribution in [0.25, 0.3) is 17.0 Å². The number of rotatable bonds is 1. The number of aromatic amines is 1. The van der Waals surface area contributed by atoms with Crippen LogP contribution < -0.4 is 4.74 Å². The highest BCUT2D eigenvalue weighted by atomic mass is 79.9. The zero-order chi connectivity index (χ0) is 16.1. The average Bonchev–Trinajstić information content (AvgIpc) is 3.03. The molecule has 0 saturated heterocycles. The fourth-order valence-corrected chi connectivity index (χ4v) is 3.17. The lowest BCUT2D eigenvalue weighted by atomic mass is 10.1. The normalized spacial score (nSPS) is 15.2. The van der Waals surface area contributed by atoms with E-state index in [9.17, 15) is 15.0 Å². The monoisotopic (exact) mass is 371 g/mol. The molecule has 0 unspecified atom stereocenters. The van der Waals surface area contributed by atoms with Crippen molar-refractivity contribution in [3.8, 4) is 17.2 Å². The Bertz CT molecular complexity index is 1000. The largest absolute Gasteiger partial charge is 0.504 e. The molecule has 0 saturated carbocycles. The number of hydrogen-bond acceptors (Lipinski definition) is 4. The smallest absolute Gasteiger partial charge is 0.232 e. The number of ketones is 1. The number of aromatic nitrogens is 1. The molecule has 0 aliphatic carbocycles. The molecule has 114 valence electrons. The summed E-state index contributed by atoms with van der Waals surface area (Å²) < 4.78 is 6.20. The molecule has 0 amide bonds. The maximum absolute atomic E-state index is 12.4. The van der Waals surface area contributed by atoms with Crippen molar-refractivity contribution in [1.82, 2.24) is 4.98 Å². The van der Waals surface area contributed by atoms with Crippen LogP contribution in [0.4, 0.5) is 0 Å². The number of ether oxygens (including phenoxy) is 1. The second-order valence-corrected chi connectivity index (χ2v) is 5.94. The van der Waals surface area contributed by atoms with Gasteiger partial charge in [-0.15, -0.1) is 0 Å². The summed E-state index contributed by atoms with van der Waals surface area (Å²) in [5, 5.41) is 20.3. The average molecular weight is 372 g/mol. The number of benzene rings is 2. The Hall–Kier alpha value is -2.73. The molecule has 3 aromatic rings. The predicted octanol–water partition coefficient (Wildman–Crippen LogP) is 3.96. The maximum atomic E-state index is 12.4. The minimum absolute atomic E-state index is 0.0165. The summed E-state index contributed by atoms with van der Waals surface area (Å²) in [5.41, 5.74) is 1.93. The first-order valence-electron chi connectivity index (χ1n) is 6.81. The minimum Gasteiger partial charge on any atom is -0.504 e. The molecule has 0 fully saturated rings. The number of fused-ring (bicyclic) bond motifs is 2. The van der Waals surface area contributed by atoms with Crippen LogP contribution >= 0.6 is 15.9 Å². The van der Waals surface area contributed by atoms with Crippen LogP contribution in [0, 0.1) is 0 Å². The van der Waals surface area contributed by atoms with Crippen LogP contribution in [-0.4, -0.2) is 21.0 Å². The molecule has 1 aliphatic heterocycles. The molecule has 0 spiro atoms. The van der Waals surface area contributed by atoms with Crippen LogP contribution in [-0.2, 0) is 0 Å². The van der Waals surface area contributed by atoms with Gasteiger partial charge in [0.2, 0.25) is 11.5 Å². The van der Waals surface area contributed by atoms with Gasteiger partial charge in [-0.2, -0.15) is 0 Å². The highest BCUT2D eigenvalue weighted by molar-refractivity contribution is 9.10. The predicted molar refractivity (Wildman–Crippen MR) is 88.7 cm³/mol. The number of para-hydroxylation sites is 1. The Morgan fingerprint density at radius 3 is 2.74 bits per heavy atom. The number of allylic oxidation sites excluding steroid dienone is 1. The Labute approximate surface area is 139 Å². The summed E-state index contributed by atoms with van der Waals surface area (Å²) >= 11 is 3.44. The van der Waals surface area contributed by atoms with Crippen molar-refractivity contribution in [3.63, 3.8) is 0 Å². The third-order valence-corrected chi connectivity index (χ3v) is 4.39. The molecule has 5 nitrogen and oxygen atoms in total. The van der Waals surface area contributed by atoms with Gasteiger partial charge in [0.05, 0.1) is 10.2 Å². The van der Waals surface area contributed by atoms with Gasteiger partial charge >= 0.3 is 0 Å². The lowest BCUT2D eigenvalue weighted by Gasteiger charge is -2.02. The van der Waals surface area contributed by atoms with E-state index in [1.54, 1.807) is 6.08 Å². The minimum atomic E-state index is -0.433. The number of Topliss-reactive ketones (excluding diaryl/α,β-unsaturated/α-hetero) is 1. The van der Waals surface area contributed by atoms with Gasteiger partial charge in [-0.05, 0) is 40.2 Å². The summed E-state index contributed by atoms with van der Waals surface area (Å²) in [6.45, 7) is 0. The number of H-pyrrole nitrogens is 1. The number of hydrogen-bond donors (Lipinski definition) is 3. The summed E-state index contributed by atoms with van der Waals surface area (Å²) in [7, 11) is 0. The molecule has 0 bridgehead atoms. The van der Waals surface area contributed by atoms with Gasteiger partial charge in [-0.1, -0.05) is 18.2 Å². The van der Waals surface area contributed by atoms with E-state index < -0.39 is 5.75 Å². The third-order valence-electron chi connectivity index (χ3n) is 3.76. The van der Waals surface area contributed by atoms with Crippen LogP contribution in [0.15, 0.2) is 46.8 Å². The van der Waals surface area contributed by atoms with Gasteiger partial charge in [-0.25, -0.2) is 0 Å². The van der Waals surface area contributed by atoms with Crippen LogP contribution in [0.5, 0.6) is 17.2 Å². The van der Waals surface area contributed by atoms with E-state index in [-0.39, 0.29) is 28.6 Å². The number of carbonyl (C=O) groups is 1. The van der Waals surface area contributed by atoms with E-state index in [1.165, 1.54) is 12.1 Å². The lowest BCUT2D eigenvalue weighted by Crippen LogP contribution is -1.97. The molecule has 0 atom stereocenters. The van der Waals surface area contributed by atoms with Gasteiger partial charge in [0, 0.05) is 16.5 Å². The van der Waals surface area contributed by atoms with E-state index in [1.807, 2.05) is 24.3 Å². The molecular weight excluding hydrogens is 362 g/mol. The molecule has 2 heterocycles. The fourth-order valence-electron chi connectivity index (χ4n) is 2.63. The highest BCUT2D eigenvalue weighted by Crippen LogP contribution is 2.44. The van der Waals surface area contributed by atoms with Crippen molar-refractivity contribution in [2.45, 2.75) is 0 Å². The Balaban J connectivity index is 1.86. The van der Waals surface area contributed by atoms with Crippen molar-refractivity contribution in [2.24, 2.45) is 0 Å². The van der Waals surface area contributed by atoms with E-state index in [0.717, 1.165) is 21.1 Å². The van der Waals surface area contributed by atoms with E-state index in [4.69, 9.17) is 4.74 Å². The zero-order valence-electron chi connectivity index (χ0n) is 11.6. The highest BCUT2D eigenvalue weighted by Gasteiger charge is 2.31. The van der Waals surface area contributed by atoms with Gasteiger partial charge in [0.25, 0.3) is 0 Å². The van der Waals surface area contributed by atoms with E-state index in [0.29, 0.717) is 0 Å². The van der Waals surface area contributed by atoms with Crippen molar-refractivity contribution < 1.29 is 19.7 Å². The standard InChI is InChI=1S/C17H10BrNO4/c18-17-10(8-3-1-2-4-11(8)19-17)7-13-14(21)9-5-6-12(20)15(22)16(9)23-13/h1-7,19-20,22H. The Morgan fingerprint density at radius 1 is 1.13 bits per heavy atom. The second-order valence-electron chi connectivity index (χ2n) is 5.15. The molecular formula is C17H10BrNO4. The molecule has 23 heavy (non-hydrogen) atoms. The summed E-state index contributed by atoms with van der Waals surface area (Å²) in [6.07, 6.45) is 1.61. The maximum Gasteiger partial charge on any atom is 0.232 e. The van der Waals surface area contributed by atoms with Crippen molar-refractivity contribution >= 4 is 38.7 Å². The number of halogens is 1. The van der Waals surface area contributed by atoms with Gasteiger partial charge in [-0.3, -0.25) is 4.79 Å². The molecule has 3 N–H and O–H groups in total. The van der Waals surface area contributed by atoms with Crippen LogP contribution in [0.3, 0.4) is 0 Å². The quantitative estimate of drug-likeness (QED) is 0.446. The van der Waals surface area contributed by atoms with E-state index >= 15 is 0 Å². The number of carbonyl (C=O) groups excluding carboxylic acids is 1. The topological polar surface area (TPSA) is 82.6 Å². The molecule has 6 heteroatoms. The number of phenolic OH excluding ortho intramolecular Hbond substituents is 2. The fraction of sp³-hybridized carbons (Fsp3) is 0. The van der Waals surface area contributed by atoms with Crippen molar-refractivity contribution in [2.75, 3.05) is 0 Å². The summed E-state index contributed by atoms with van der Waals surface area (Å²) in [6, 6.07) is 10.4. The SMILES string of the molecule is O=C1C(=Cc2c(Br)[nH]c3ccccc23)Oc2c1ccc(O)c2O. The Kier molecular flexibility index (Phi) is 2.96. The molecule has 0 radical (unpaired) electrons. The molecule has 2 aromatic carbocycles. The number of phenols is 2. The van der Waals surface area contributed by atoms with E-state index in [2.05, 4.69) is 20.9 Å². The number of aromatic hydroxyl groups is 2. The first-order chi connectivity index (χ1) is 11.1. The van der Waals surface area contributed by atoms with Gasteiger partial charge in [0.1, 0.15) is 0 Å². The van der Waals surface area contributed by atoms with Crippen molar-refractivity contribution in [1.29, 1.82) is 0 Å². The lowest BCUT2D eigenvalue weighted by molar-refractivity contribution is 0.101. The first kappa shape index (κ1) is 13.9. The van der Waals surface area contributed by atoms with Gasteiger partial charge < -0.3 is 19.9 Å². The van der Waals surface area contributed by atoms with Crippen LogP contribution in [0.1, 0.15) is 15.9 Å². The second kappa shape index (κ2) is 4.89. The molecule has 4 rings (SSSR count). The summed E-state index contributed by atoms with van der Waals surface area (Å²) in [5.74, 6) is -1.03.